The molecule has 0 aromatic carbocycles. The van der Waals surface area contributed by atoms with Crippen LogP contribution in [0.3, 0.4) is 0 Å². The zero-order chi connectivity index (χ0) is 19.2. The van der Waals surface area contributed by atoms with Crippen molar-refractivity contribution >= 4 is 34.9 Å². The normalized spacial score (nSPS) is 10.9. The fourth-order valence-electron chi connectivity index (χ4n) is 2.72. The van der Waals surface area contributed by atoms with Crippen molar-refractivity contribution in [2.24, 2.45) is 7.05 Å². The summed E-state index contributed by atoms with van der Waals surface area (Å²) >= 11 is 5.08. The lowest BCUT2D eigenvalue weighted by Crippen LogP contribution is -2.00. The minimum Gasteiger partial charge on any atom is -0.333 e. The lowest BCUT2D eigenvalue weighted by Gasteiger charge is -2.12. The molecule has 0 aliphatic rings. The second-order valence-corrected chi connectivity index (χ2v) is 9.33. The first-order valence-corrected chi connectivity index (χ1v) is 11.7. The second-order valence-electron chi connectivity index (χ2n) is 6.00. The quantitative estimate of drug-likeness (QED) is 0.280. The number of imidazole rings is 1. The molecule has 0 aliphatic heterocycles. The van der Waals surface area contributed by atoms with Gasteiger partial charge in [0, 0.05) is 29.3 Å². The minimum absolute atomic E-state index is 0.614. The van der Waals surface area contributed by atoms with Gasteiger partial charge in [-0.2, -0.15) is 17.0 Å². The summed E-state index contributed by atoms with van der Waals surface area (Å²) in [6.45, 7) is 4.16. The standard InChI is InChI=1S/C19H21N5S3/c1-4-5-7-25-12-27-18-15(10-20)14(17-13(2)22-11-24(17)3)9-16(23-18)19-21-6-8-26-19/h6,8-9,11H,4-5,7,12H2,1-3H3. The van der Waals surface area contributed by atoms with E-state index in [4.69, 9.17) is 4.98 Å². The number of thioether (sulfide) groups is 2. The van der Waals surface area contributed by atoms with E-state index in [1.54, 1.807) is 35.6 Å². The first-order valence-electron chi connectivity index (χ1n) is 8.69. The van der Waals surface area contributed by atoms with Gasteiger partial charge in [-0.1, -0.05) is 25.1 Å². The molecule has 3 aromatic rings. The molecule has 0 saturated carbocycles. The van der Waals surface area contributed by atoms with Gasteiger partial charge in [-0.3, -0.25) is 0 Å². The second kappa shape index (κ2) is 9.40. The summed E-state index contributed by atoms with van der Waals surface area (Å²) in [7, 11) is 1.95. The Bertz CT molecular complexity index is 922. The molecule has 0 aliphatic carbocycles. The Labute approximate surface area is 172 Å². The molecule has 5 nitrogen and oxygen atoms in total. The van der Waals surface area contributed by atoms with Gasteiger partial charge in [-0.15, -0.1) is 11.3 Å². The third-order valence-corrected chi connectivity index (χ3v) is 7.13. The van der Waals surface area contributed by atoms with Crippen LogP contribution in [0.5, 0.6) is 0 Å². The Morgan fingerprint density at radius 2 is 2.19 bits per heavy atom. The molecule has 140 valence electrons. The number of rotatable bonds is 8. The monoisotopic (exact) mass is 415 g/mol. The summed E-state index contributed by atoms with van der Waals surface area (Å²) in [5, 5.41) is 14.3. The van der Waals surface area contributed by atoms with Crippen molar-refractivity contribution in [3.05, 3.63) is 35.2 Å². The van der Waals surface area contributed by atoms with E-state index in [1.807, 2.05) is 41.7 Å². The van der Waals surface area contributed by atoms with Gasteiger partial charge in [0.1, 0.15) is 21.8 Å². The van der Waals surface area contributed by atoms with Crippen molar-refractivity contribution in [2.75, 3.05) is 10.8 Å². The van der Waals surface area contributed by atoms with Crippen LogP contribution in [0.15, 0.2) is 29.0 Å². The lowest BCUT2D eigenvalue weighted by molar-refractivity contribution is 0.897. The van der Waals surface area contributed by atoms with E-state index >= 15 is 0 Å². The number of aryl methyl sites for hydroxylation is 2. The lowest BCUT2D eigenvalue weighted by atomic mass is 10.0. The van der Waals surface area contributed by atoms with Gasteiger partial charge >= 0.3 is 0 Å². The van der Waals surface area contributed by atoms with Crippen LogP contribution in [-0.4, -0.2) is 30.4 Å². The molecule has 0 amide bonds. The molecule has 3 rings (SSSR count). The Balaban J connectivity index is 2.05. The van der Waals surface area contributed by atoms with Gasteiger partial charge in [0.05, 0.1) is 23.3 Å². The van der Waals surface area contributed by atoms with E-state index in [2.05, 4.69) is 23.0 Å². The fraction of sp³-hybridized carbons (Fsp3) is 0.368. The summed E-state index contributed by atoms with van der Waals surface area (Å²) in [5.74, 6) is 1.13. The van der Waals surface area contributed by atoms with Crippen LogP contribution in [0.1, 0.15) is 31.0 Å². The molecule has 0 fully saturated rings. The molecular weight excluding hydrogens is 394 g/mol. The number of thiazole rings is 1. The first kappa shape index (κ1) is 19.9. The first-order chi connectivity index (χ1) is 13.2. The molecule has 0 spiro atoms. The van der Waals surface area contributed by atoms with E-state index < -0.39 is 0 Å². The van der Waals surface area contributed by atoms with Gasteiger partial charge in [-0.25, -0.2) is 15.0 Å². The summed E-state index contributed by atoms with van der Waals surface area (Å²) in [6, 6.07) is 4.35. The predicted molar refractivity (Wildman–Crippen MR) is 115 cm³/mol. The van der Waals surface area contributed by atoms with Gasteiger partial charge in [-0.05, 0) is 25.2 Å². The molecule has 0 atom stereocenters. The van der Waals surface area contributed by atoms with E-state index in [0.29, 0.717) is 5.56 Å². The molecule has 3 heterocycles. The third kappa shape index (κ3) is 4.54. The minimum atomic E-state index is 0.614. The highest BCUT2D eigenvalue weighted by molar-refractivity contribution is 8.15. The summed E-state index contributed by atoms with van der Waals surface area (Å²) in [4.78, 5) is 13.6. The topological polar surface area (TPSA) is 67.4 Å². The van der Waals surface area contributed by atoms with Crippen LogP contribution in [0.25, 0.3) is 22.0 Å². The maximum atomic E-state index is 9.89. The van der Waals surface area contributed by atoms with Crippen molar-refractivity contribution in [1.29, 1.82) is 5.26 Å². The van der Waals surface area contributed by atoms with E-state index in [9.17, 15) is 5.26 Å². The number of aromatic nitrogens is 4. The summed E-state index contributed by atoms with van der Waals surface area (Å²) in [5.41, 5.74) is 4.14. The van der Waals surface area contributed by atoms with Crippen LogP contribution in [0, 0.1) is 18.3 Å². The molecule has 0 bridgehead atoms. The van der Waals surface area contributed by atoms with Gasteiger partial charge < -0.3 is 4.57 Å². The molecule has 0 unspecified atom stereocenters. The Kier molecular flexibility index (Phi) is 6.94. The molecule has 3 aromatic heterocycles. The number of pyridine rings is 1. The maximum absolute atomic E-state index is 9.89. The van der Waals surface area contributed by atoms with Crippen molar-refractivity contribution in [3.63, 3.8) is 0 Å². The van der Waals surface area contributed by atoms with Crippen LogP contribution < -0.4 is 0 Å². The van der Waals surface area contributed by atoms with E-state index in [0.717, 1.165) is 43.5 Å². The predicted octanol–water partition coefficient (Wildman–Crippen LogP) is 5.37. The zero-order valence-electron chi connectivity index (χ0n) is 15.6. The largest absolute Gasteiger partial charge is 0.333 e. The maximum Gasteiger partial charge on any atom is 0.141 e. The third-order valence-electron chi connectivity index (χ3n) is 4.05. The number of unbranched alkanes of at least 4 members (excludes halogenated alkanes) is 1. The highest BCUT2D eigenvalue weighted by atomic mass is 32.2. The summed E-state index contributed by atoms with van der Waals surface area (Å²) < 4.78 is 1.96. The van der Waals surface area contributed by atoms with Crippen LogP contribution in [0.4, 0.5) is 0 Å². The van der Waals surface area contributed by atoms with Crippen molar-refractivity contribution < 1.29 is 0 Å². The average Bonchev–Trinajstić information content (AvgIpc) is 3.31. The number of nitriles is 1. The highest BCUT2D eigenvalue weighted by Gasteiger charge is 2.20. The molecule has 8 heteroatoms. The van der Waals surface area contributed by atoms with Gasteiger partial charge in [0.25, 0.3) is 0 Å². The number of hydrogen-bond acceptors (Lipinski definition) is 7. The van der Waals surface area contributed by atoms with Crippen molar-refractivity contribution in [1.82, 2.24) is 19.5 Å². The van der Waals surface area contributed by atoms with E-state index in [-0.39, 0.29) is 0 Å². The van der Waals surface area contributed by atoms with Crippen LogP contribution >= 0.6 is 34.9 Å². The molecule has 0 saturated heterocycles. The molecule has 0 radical (unpaired) electrons. The highest BCUT2D eigenvalue weighted by Crippen LogP contribution is 2.36. The van der Waals surface area contributed by atoms with Gasteiger partial charge in [0.15, 0.2) is 0 Å². The Hall–Kier alpha value is -1.82. The Morgan fingerprint density at radius 1 is 1.33 bits per heavy atom. The van der Waals surface area contributed by atoms with Gasteiger partial charge in [0.2, 0.25) is 0 Å². The molecule has 27 heavy (non-hydrogen) atoms. The number of nitrogens with zero attached hydrogens (tertiary/aromatic N) is 5. The molecular formula is C19H21N5S3. The zero-order valence-corrected chi connectivity index (χ0v) is 18.0. The smallest absolute Gasteiger partial charge is 0.141 e. The average molecular weight is 416 g/mol. The van der Waals surface area contributed by atoms with E-state index in [1.165, 1.54) is 12.8 Å². The van der Waals surface area contributed by atoms with Crippen LogP contribution in [-0.2, 0) is 7.05 Å². The van der Waals surface area contributed by atoms with Crippen LogP contribution in [0.2, 0.25) is 0 Å². The summed E-state index contributed by atoms with van der Waals surface area (Å²) in [6.07, 6.45) is 5.97. The molecule has 0 N–H and O–H groups in total. The van der Waals surface area contributed by atoms with Crippen molar-refractivity contribution in [2.45, 2.75) is 31.7 Å². The number of hydrogen-bond donors (Lipinski definition) is 0. The fourth-order valence-corrected chi connectivity index (χ4v) is 5.52. The SMILES string of the molecule is CCCCSCSc1nc(-c2nccs2)cc(-c2c(C)ncn2C)c1C#N. The Morgan fingerprint density at radius 3 is 2.81 bits per heavy atom. The van der Waals surface area contributed by atoms with Crippen molar-refractivity contribution in [3.8, 4) is 28.0 Å².